The standard InChI is InChI=1S/C12H14N4O/c13-8-11-7-10(1-3-14-11)9-16-5-2-12(17)15-4-6-16/h1,3,7H,2,4-6,9H2,(H,15,17). The number of nitriles is 1. The molecular formula is C12H14N4O. The minimum atomic E-state index is 0.111. The van der Waals surface area contributed by atoms with E-state index in [2.05, 4.69) is 15.2 Å². The smallest absolute Gasteiger partial charge is 0.221 e. The molecule has 0 saturated carbocycles. The number of aromatic nitrogens is 1. The maximum atomic E-state index is 11.2. The van der Waals surface area contributed by atoms with Gasteiger partial charge < -0.3 is 5.32 Å². The van der Waals surface area contributed by atoms with Gasteiger partial charge in [-0.15, -0.1) is 0 Å². The molecule has 1 amide bonds. The van der Waals surface area contributed by atoms with Crippen molar-refractivity contribution in [1.82, 2.24) is 15.2 Å². The molecule has 5 heteroatoms. The van der Waals surface area contributed by atoms with E-state index in [1.807, 2.05) is 12.1 Å². The number of hydrogen-bond acceptors (Lipinski definition) is 4. The second kappa shape index (κ2) is 5.41. The molecule has 1 aromatic rings. The number of amides is 1. The molecule has 1 aliphatic heterocycles. The van der Waals surface area contributed by atoms with Crippen LogP contribution in [0.1, 0.15) is 17.7 Å². The monoisotopic (exact) mass is 230 g/mol. The van der Waals surface area contributed by atoms with Gasteiger partial charge in [0.05, 0.1) is 0 Å². The summed E-state index contributed by atoms with van der Waals surface area (Å²) in [6, 6.07) is 5.72. The lowest BCUT2D eigenvalue weighted by atomic mass is 10.2. The van der Waals surface area contributed by atoms with Gasteiger partial charge in [0.2, 0.25) is 5.91 Å². The number of nitrogens with zero attached hydrogens (tertiary/aromatic N) is 3. The van der Waals surface area contributed by atoms with Crippen LogP contribution in [0.15, 0.2) is 18.3 Å². The Hall–Kier alpha value is -1.93. The molecule has 0 atom stereocenters. The van der Waals surface area contributed by atoms with E-state index in [4.69, 9.17) is 5.26 Å². The Morgan fingerprint density at radius 2 is 2.41 bits per heavy atom. The molecule has 1 fully saturated rings. The Morgan fingerprint density at radius 3 is 3.24 bits per heavy atom. The van der Waals surface area contributed by atoms with E-state index in [1.54, 1.807) is 12.3 Å². The Balaban J connectivity index is 2.00. The molecule has 1 aromatic heterocycles. The molecule has 0 aromatic carbocycles. The molecule has 0 radical (unpaired) electrons. The molecular weight excluding hydrogens is 216 g/mol. The van der Waals surface area contributed by atoms with Crippen LogP contribution in [0.2, 0.25) is 0 Å². The average molecular weight is 230 g/mol. The second-order valence-electron chi connectivity index (χ2n) is 4.04. The van der Waals surface area contributed by atoms with Gasteiger partial charge >= 0.3 is 0 Å². The zero-order chi connectivity index (χ0) is 12.1. The molecule has 0 aliphatic carbocycles. The summed E-state index contributed by atoms with van der Waals surface area (Å²) in [4.78, 5) is 17.3. The minimum absolute atomic E-state index is 0.111. The molecule has 88 valence electrons. The van der Waals surface area contributed by atoms with Crippen LogP contribution >= 0.6 is 0 Å². The number of hydrogen-bond donors (Lipinski definition) is 1. The van der Waals surface area contributed by atoms with Crippen LogP contribution in [0.25, 0.3) is 0 Å². The Morgan fingerprint density at radius 1 is 1.53 bits per heavy atom. The van der Waals surface area contributed by atoms with Gasteiger partial charge in [0.15, 0.2) is 0 Å². The molecule has 5 nitrogen and oxygen atoms in total. The zero-order valence-corrected chi connectivity index (χ0v) is 9.52. The van der Waals surface area contributed by atoms with Crippen molar-refractivity contribution in [1.29, 1.82) is 5.26 Å². The van der Waals surface area contributed by atoms with Crippen LogP contribution in [0.4, 0.5) is 0 Å². The molecule has 1 N–H and O–H groups in total. The van der Waals surface area contributed by atoms with Gasteiger partial charge in [-0.25, -0.2) is 4.98 Å². The van der Waals surface area contributed by atoms with Gasteiger partial charge in [-0.05, 0) is 17.7 Å². The van der Waals surface area contributed by atoms with Gasteiger partial charge in [0, 0.05) is 38.8 Å². The van der Waals surface area contributed by atoms with Crippen molar-refractivity contribution in [2.24, 2.45) is 0 Å². The van der Waals surface area contributed by atoms with E-state index in [0.717, 1.165) is 25.2 Å². The Bertz CT molecular complexity index is 452. The van der Waals surface area contributed by atoms with E-state index in [1.165, 1.54) is 0 Å². The van der Waals surface area contributed by atoms with E-state index in [9.17, 15) is 4.79 Å². The van der Waals surface area contributed by atoms with Crippen LogP contribution < -0.4 is 5.32 Å². The van der Waals surface area contributed by atoms with Gasteiger partial charge in [-0.1, -0.05) is 0 Å². The fraction of sp³-hybridized carbons (Fsp3) is 0.417. The lowest BCUT2D eigenvalue weighted by Gasteiger charge is -2.18. The average Bonchev–Trinajstić information content (AvgIpc) is 2.55. The normalized spacial score (nSPS) is 17.0. The quantitative estimate of drug-likeness (QED) is 0.792. The number of rotatable bonds is 2. The van der Waals surface area contributed by atoms with E-state index >= 15 is 0 Å². The summed E-state index contributed by atoms with van der Waals surface area (Å²) in [5, 5.41) is 11.6. The first-order chi connectivity index (χ1) is 8.28. The molecule has 2 rings (SSSR count). The third-order valence-electron chi connectivity index (χ3n) is 2.75. The van der Waals surface area contributed by atoms with Crippen molar-refractivity contribution >= 4 is 5.91 Å². The maximum absolute atomic E-state index is 11.2. The maximum Gasteiger partial charge on any atom is 0.221 e. The van der Waals surface area contributed by atoms with Gasteiger partial charge in [0.1, 0.15) is 11.8 Å². The molecule has 1 saturated heterocycles. The topological polar surface area (TPSA) is 69.0 Å². The van der Waals surface area contributed by atoms with Crippen molar-refractivity contribution in [2.75, 3.05) is 19.6 Å². The Labute approximate surface area is 100 Å². The van der Waals surface area contributed by atoms with Gasteiger partial charge in [-0.2, -0.15) is 5.26 Å². The number of pyridine rings is 1. The Kier molecular flexibility index (Phi) is 3.68. The highest BCUT2D eigenvalue weighted by atomic mass is 16.1. The van der Waals surface area contributed by atoms with Crippen molar-refractivity contribution in [3.63, 3.8) is 0 Å². The van der Waals surface area contributed by atoms with Crippen molar-refractivity contribution < 1.29 is 4.79 Å². The van der Waals surface area contributed by atoms with Crippen LogP contribution in [0.5, 0.6) is 0 Å². The predicted octanol–water partition coefficient (Wildman–Crippen LogP) is 0.275. The summed E-state index contributed by atoms with van der Waals surface area (Å²) in [5.74, 6) is 0.111. The lowest BCUT2D eigenvalue weighted by molar-refractivity contribution is -0.120. The number of carbonyl (C=O) groups is 1. The number of nitrogens with one attached hydrogen (secondary N) is 1. The van der Waals surface area contributed by atoms with E-state index in [0.29, 0.717) is 18.7 Å². The van der Waals surface area contributed by atoms with Crippen LogP contribution in [-0.2, 0) is 11.3 Å². The molecule has 17 heavy (non-hydrogen) atoms. The first-order valence-electron chi connectivity index (χ1n) is 5.62. The van der Waals surface area contributed by atoms with Gasteiger partial charge in [-0.3, -0.25) is 9.69 Å². The highest BCUT2D eigenvalue weighted by molar-refractivity contribution is 5.76. The summed E-state index contributed by atoms with van der Waals surface area (Å²) in [6.45, 7) is 3.05. The largest absolute Gasteiger partial charge is 0.355 e. The molecule has 0 unspecified atom stereocenters. The highest BCUT2D eigenvalue weighted by Gasteiger charge is 2.13. The lowest BCUT2D eigenvalue weighted by Crippen LogP contribution is -2.28. The summed E-state index contributed by atoms with van der Waals surface area (Å²) < 4.78 is 0. The van der Waals surface area contributed by atoms with Crippen LogP contribution in [0.3, 0.4) is 0 Å². The SMILES string of the molecule is N#Cc1cc(CN2CCNC(=O)CC2)ccn1. The van der Waals surface area contributed by atoms with Crippen molar-refractivity contribution in [2.45, 2.75) is 13.0 Å². The van der Waals surface area contributed by atoms with Gasteiger partial charge in [0.25, 0.3) is 0 Å². The molecule has 0 bridgehead atoms. The molecule has 0 spiro atoms. The van der Waals surface area contributed by atoms with E-state index in [-0.39, 0.29) is 5.91 Å². The third kappa shape index (κ3) is 3.26. The predicted molar refractivity (Wildman–Crippen MR) is 61.9 cm³/mol. The van der Waals surface area contributed by atoms with Crippen molar-refractivity contribution in [3.8, 4) is 6.07 Å². The minimum Gasteiger partial charge on any atom is -0.355 e. The summed E-state index contributed by atoms with van der Waals surface area (Å²) in [6.07, 6.45) is 2.19. The zero-order valence-electron chi connectivity index (χ0n) is 9.52. The van der Waals surface area contributed by atoms with Crippen molar-refractivity contribution in [3.05, 3.63) is 29.6 Å². The highest BCUT2D eigenvalue weighted by Crippen LogP contribution is 2.07. The first kappa shape index (κ1) is 11.6. The second-order valence-corrected chi connectivity index (χ2v) is 4.04. The summed E-state index contributed by atoms with van der Waals surface area (Å²) in [5.41, 5.74) is 1.50. The number of carbonyl (C=O) groups excluding carboxylic acids is 1. The fourth-order valence-corrected chi connectivity index (χ4v) is 1.86. The molecule has 1 aliphatic rings. The van der Waals surface area contributed by atoms with Crippen LogP contribution in [0, 0.1) is 11.3 Å². The summed E-state index contributed by atoms with van der Waals surface area (Å²) >= 11 is 0. The first-order valence-corrected chi connectivity index (χ1v) is 5.62. The summed E-state index contributed by atoms with van der Waals surface area (Å²) in [7, 11) is 0. The van der Waals surface area contributed by atoms with Crippen LogP contribution in [-0.4, -0.2) is 35.4 Å². The fourth-order valence-electron chi connectivity index (χ4n) is 1.86. The van der Waals surface area contributed by atoms with E-state index < -0.39 is 0 Å². The molecule has 2 heterocycles. The third-order valence-corrected chi connectivity index (χ3v) is 2.75.